The van der Waals surface area contributed by atoms with Crippen LogP contribution in [-0.4, -0.2) is 6.73 Å². The Balaban J connectivity index is 1.87. The monoisotopic (exact) mass is 375 g/mol. The maximum absolute atomic E-state index is 12.1. The molecule has 0 amide bonds. The molecule has 2 heterocycles. The van der Waals surface area contributed by atoms with Gasteiger partial charge in [0, 0.05) is 16.0 Å². The van der Waals surface area contributed by atoms with Crippen molar-refractivity contribution in [1.29, 1.82) is 0 Å². The lowest BCUT2D eigenvalue weighted by Crippen LogP contribution is -2.32. The molecule has 0 saturated carbocycles. The summed E-state index contributed by atoms with van der Waals surface area (Å²) in [6.07, 6.45) is 0. The van der Waals surface area contributed by atoms with E-state index in [1.165, 1.54) is 0 Å². The van der Waals surface area contributed by atoms with Gasteiger partial charge in [-0.25, -0.2) is 4.79 Å². The summed E-state index contributed by atoms with van der Waals surface area (Å²) in [6, 6.07) is 9.15. The molecule has 2 aromatic carbocycles. The minimum atomic E-state index is -0.323. The van der Waals surface area contributed by atoms with E-state index < -0.39 is 0 Å². The van der Waals surface area contributed by atoms with Crippen LogP contribution in [0.25, 0.3) is 11.0 Å². The van der Waals surface area contributed by atoms with E-state index in [1.807, 2.05) is 24.0 Å². The summed E-state index contributed by atoms with van der Waals surface area (Å²) in [5.41, 5.74) is 3.40. The van der Waals surface area contributed by atoms with Crippen LogP contribution in [0.3, 0.4) is 0 Å². The predicted octanol–water partition coefficient (Wildman–Crippen LogP) is 5.07. The summed E-state index contributed by atoms with van der Waals surface area (Å²) in [4.78, 5) is 14.1. The maximum Gasteiger partial charge on any atom is 0.339 e. The quantitative estimate of drug-likeness (QED) is 0.556. The van der Waals surface area contributed by atoms with Crippen LogP contribution in [0.4, 0.5) is 5.69 Å². The average Bonchev–Trinajstić information content (AvgIpc) is 2.61. The zero-order chi connectivity index (χ0) is 17.7. The van der Waals surface area contributed by atoms with E-state index in [0.29, 0.717) is 40.2 Å². The molecule has 0 atom stereocenters. The number of benzene rings is 2. The van der Waals surface area contributed by atoms with Gasteiger partial charge in [0.1, 0.15) is 11.3 Å². The van der Waals surface area contributed by atoms with Crippen LogP contribution in [-0.2, 0) is 6.54 Å². The minimum Gasteiger partial charge on any atom is -0.473 e. The van der Waals surface area contributed by atoms with Gasteiger partial charge in [0.15, 0.2) is 6.73 Å². The predicted molar refractivity (Wildman–Crippen MR) is 100 cm³/mol. The van der Waals surface area contributed by atoms with Crippen molar-refractivity contribution in [2.75, 3.05) is 11.6 Å². The molecule has 1 aliphatic rings. The van der Waals surface area contributed by atoms with Crippen molar-refractivity contribution < 1.29 is 9.15 Å². The Morgan fingerprint density at radius 3 is 2.68 bits per heavy atom. The molecule has 1 aromatic heterocycles. The van der Waals surface area contributed by atoms with Gasteiger partial charge in [0.25, 0.3) is 0 Å². The lowest BCUT2D eigenvalue weighted by atomic mass is 10.0. The van der Waals surface area contributed by atoms with E-state index in [2.05, 4.69) is 0 Å². The Labute approximate surface area is 154 Å². The normalized spacial score (nSPS) is 13.7. The third-order valence-corrected chi connectivity index (χ3v) is 5.21. The van der Waals surface area contributed by atoms with Gasteiger partial charge in [-0.05, 0) is 49.7 Å². The van der Waals surface area contributed by atoms with Crippen molar-refractivity contribution in [3.05, 3.63) is 67.5 Å². The number of nitrogens with zero attached hydrogens (tertiary/aromatic N) is 1. The molecule has 25 heavy (non-hydrogen) atoms. The molecule has 4 nitrogen and oxygen atoms in total. The highest BCUT2D eigenvalue weighted by molar-refractivity contribution is 6.35. The zero-order valence-corrected chi connectivity index (χ0v) is 15.2. The Morgan fingerprint density at radius 2 is 1.88 bits per heavy atom. The Hall–Kier alpha value is -2.17. The number of halogens is 2. The van der Waals surface area contributed by atoms with Crippen LogP contribution in [0.15, 0.2) is 39.5 Å². The van der Waals surface area contributed by atoms with Crippen molar-refractivity contribution in [2.24, 2.45) is 0 Å². The third-order valence-electron chi connectivity index (χ3n) is 4.66. The summed E-state index contributed by atoms with van der Waals surface area (Å²) >= 11 is 12.4. The number of anilines is 1. The SMILES string of the molecule is Cc1c(C)c2ccc3c(c2oc1=O)CN(c1cc(Cl)ccc1Cl)CO3. The lowest BCUT2D eigenvalue weighted by molar-refractivity contribution is 0.289. The van der Waals surface area contributed by atoms with Crippen LogP contribution in [0.2, 0.25) is 10.0 Å². The molecule has 0 fully saturated rings. The van der Waals surface area contributed by atoms with E-state index in [1.54, 1.807) is 25.1 Å². The molecule has 1 aliphatic heterocycles. The van der Waals surface area contributed by atoms with Crippen LogP contribution in [0.5, 0.6) is 5.75 Å². The molecule has 6 heteroatoms. The number of aryl methyl sites for hydroxylation is 1. The molecule has 128 valence electrons. The van der Waals surface area contributed by atoms with Crippen molar-refractivity contribution in [1.82, 2.24) is 0 Å². The highest BCUT2D eigenvalue weighted by Crippen LogP contribution is 2.37. The fraction of sp³-hybridized carbons (Fsp3) is 0.211. The Kier molecular flexibility index (Phi) is 3.89. The maximum atomic E-state index is 12.1. The molecule has 0 unspecified atom stereocenters. The fourth-order valence-electron chi connectivity index (χ4n) is 3.10. The number of rotatable bonds is 1. The van der Waals surface area contributed by atoms with Crippen molar-refractivity contribution >= 4 is 39.9 Å². The Bertz CT molecular complexity index is 1060. The second-order valence-corrected chi connectivity index (χ2v) is 6.97. The zero-order valence-electron chi connectivity index (χ0n) is 13.7. The van der Waals surface area contributed by atoms with Crippen LogP contribution in [0.1, 0.15) is 16.7 Å². The number of hydrogen-bond donors (Lipinski definition) is 0. The first-order valence-corrected chi connectivity index (χ1v) is 8.60. The first-order valence-electron chi connectivity index (χ1n) is 7.84. The summed E-state index contributed by atoms with van der Waals surface area (Å²) in [6.45, 7) is 4.55. The van der Waals surface area contributed by atoms with Gasteiger partial charge in [-0.1, -0.05) is 23.2 Å². The van der Waals surface area contributed by atoms with E-state index in [0.717, 1.165) is 22.2 Å². The number of fused-ring (bicyclic) bond motifs is 3. The fourth-order valence-corrected chi connectivity index (χ4v) is 3.50. The van der Waals surface area contributed by atoms with Crippen LogP contribution < -0.4 is 15.3 Å². The smallest absolute Gasteiger partial charge is 0.339 e. The van der Waals surface area contributed by atoms with Gasteiger partial charge in [-0.15, -0.1) is 0 Å². The summed E-state index contributed by atoms with van der Waals surface area (Å²) < 4.78 is 11.5. The summed E-state index contributed by atoms with van der Waals surface area (Å²) in [7, 11) is 0. The molecule has 4 rings (SSSR count). The van der Waals surface area contributed by atoms with E-state index in [4.69, 9.17) is 32.4 Å². The second-order valence-electron chi connectivity index (χ2n) is 6.13. The highest BCUT2D eigenvalue weighted by Gasteiger charge is 2.24. The van der Waals surface area contributed by atoms with Gasteiger partial charge < -0.3 is 14.1 Å². The first-order chi connectivity index (χ1) is 12.0. The Morgan fingerprint density at radius 1 is 1.08 bits per heavy atom. The van der Waals surface area contributed by atoms with Gasteiger partial charge in [-0.3, -0.25) is 0 Å². The van der Waals surface area contributed by atoms with Gasteiger partial charge in [-0.2, -0.15) is 0 Å². The van der Waals surface area contributed by atoms with E-state index >= 15 is 0 Å². The minimum absolute atomic E-state index is 0.323. The van der Waals surface area contributed by atoms with Crippen LogP contribution >= 0.6 is 23.2 Å². The average molecular weight is 376 g/mol. The van der Waals surface area contributed by atoms with Gasteiger partial charge in [0.05, 0.1) is 22.8 Å². The molecule has 0 aliphatic carbocycles. The molecule has 0 spiro atoms. The van der Waals surface area contributed by atoms with E-state index in [-0.39, 0.29) is 5.63 Å². The highest BCUT2D eigenvalue weighted by atomic mass is 35.5. The molecule has 0 saturated heterocycles. The third kappa shape index (κ3) is 2.66. The van der Waals surface area contributed by atoms with Gasteiger partial charge >= 0.3 is 5.63 Å². The molecule has 0 radical (unpaired) electrons. The molecule has 0 bridgehead atoms. The van der Waals surface area contributed by atoms with Crippen molar-refractivity contribution in [3.63, 3.8) is 0 Å². The number of ether oxygens (including phenoxy) is 1. The molecule has 0 N–H and O–H groups in total. The standard InChI is InChI=1S/C19H15Cl2NO3/c1-10-11(2)19(23)25-18-13(10)4-6-17-14(18)8-22(9-24-17)16-7-12(20)3-5-15(16)21/h3-7H,8-9H2,1-2H3. The molecular weight excluding hydrogens is 361 g/mol. The first kappa shape index (κ1) is 16.3. The molecule has 3 aromatic rings. The summed E-state index contributed by atoms with van der Waals surface area (Å²) in [5.74, 6) is 0.716. The van der Waals surface area contributed by atoms with E-state index in [9.17, 15) is 4.79 Å². The van der Waals surface area contributed by atoms with Crippen molar-refractivity contribution in [2.45, 2.75) is 20.4 Å². The topological polar surface area (TPSA) is 42.7 Å². The second kappa shape index (κ2) is 5.97. The lowest BCUT2D eigenvalue weighted by Gasteiger charge is -2.31. The van der Waals surface area contributed by atoms with Crippen LogP contribution in [0, 0.1) is 13.8 Å². The van der Waals surface area contributed by atoms with Gasteiger partial charge in [0.2, 0.25) is 0 Å². The largest absolute Gasteiger partial charge is 0.473 e. The van der Waals surface area contributed by atoms with Crippen molar-refractivity contribution in [3.8, 4) is 5.75 Å². The molecular formula is C19H15Cl2NO3. The summed E-state index contributed by atoms with van der Waals surface area (Å²) in [5, 5.41) is 2.10. The number of hydrogen-bond acceptors (Lipinski definition) is 4.